The second-order valence-corrected chi connectivity index (χ2v) is 7.51. The lowest BCUT2D eigenvalue weighted by Crippen LogP contribution is -2.44. The third-order valence-electron chi connectivity index (χ3n) is 5.22. The molecule has 1 N–H and O–H groups in total. The van der Waals surface area contributed by atoms with E-state index in [1.165, 1.54) is 0 Å². The molecule has 1 aromatic rings. The zero-order chi connectivity index (χ0) is 17.4. The van der Waals surface area contributed by atoms with Gasteiger partial charge in [-0.25, -0.2) is 0 Å². The summed E-state index contributed by atoms with van der Waals surface area (Å²) >= 11 is 0. The van der Waals surface area contributed by atoms with Crippen molar-refractivity contribution in [2.45, 2.75) is 58.1 Å². The molecule has 5 heteroatoms. The van der Waals surface area contributed by atoms with Gasteiger partial charge >= 0.3 is 0 Å². The Morgan fingerprint density at radius 1 is 1.21 bits per heavy atom. The third kappa shape index (κ3) is 3.51. The lowest BCUT2D eigenvalue weighted by Gasteiger charge is -2.32. The van der Waals surface area contributed by atoms with Gasteiger partial charge in [0.2, 0.25) is 0 Å². The summed E-state index contributed by atoms with van der Waals surface area (Å²) in [4.78, 5) is 0. The van der Waals surface area contributed by atoms with E-state index in [0.717, 1.165) is 12.0 Å². The van der Waals surface area contributed by atoms with Gasteiger partial charge in [-0.1, -0.05) is 37.3 Å². The molecule has 0 amide bonds. The molecule has 0 bridgehead atoms. The Labute approximate surface area is 143 Å². The molecule has 5 atom stereocenters. The average molecular weight is 336 g/mol. The number of hydrogen-bond acceptors (Lipinski definition) is 5. The van der Waals surface area contributed by atoms with Crippen LogP contribution in [0.3, 0.4) is 0 Å². The second-order valence-electron chi connectivity index (χ2n) is 7.51. The molecule has 3 unspecified atom stereocenters. The van der Waals surface area contributed by atoms with E-state index in [9.17, 15) is 5.11 Å². The number of aliphatic hydroxyl groups is 1. The normalized spacial score (nSPS) is 35.8. The van der Waals surface area contributed by atoms with Crippen LogP contribution in [0.1, 0.15) is 32.8 Å². The van der Waals surface area contributed by atoms with E-state index in [1.807, 2.05) is 44.2 Å². The van der Waals surface area contributed by atoms with Crippen molar-refractivity contribution in [2.24, 2.45) is 11.3 Å². The molecule has 3 rings (SSSR count). The summed E-state index contributed by atoms with van der Waals surface area (Å²) < 4.78 is 23.8. The predicted molar refractivity (Wildman–Crippen MR) is 89.2 cm³/mol. The molecule has 1 heterocycles. The molecule has 1 aliphatic heterocycles. The van der Waals surface area contributed by atoms with E-state index in [0.29, 0.717) is 6.61 Å². The average Bonchev–Trinajstić information content (AvgIpc) is 3.13. The highest BCUT2D eigenvalue weighted by Gasteiger charge is 2.61. The Bertz CT molecular complexity index is 546. The first-order valence-electron chi connectivity index (χ1n) is 8.54. The van der Waals surface area contributed by atoms with Gasteiger partial charge in [-0.05, 0) is 31.7 Å². The van der Waals surface area contributed by atoms with E-state index in [1.54, 1.807) is 7.11 Å². The van der Waals surface area contributed by atoms with Crippen LogP contribution in [0.5, 0.6) is 0 Å². The smallest absolute Gasteiger partial charge is 0.189 e. The number of aliphatic hydroxyl groups excluding tert-OH is 1. The maximum atomic E-state index is 9.59. The van der Waals surface area contributed by atoms with Crippen LogP contribution < -0.4 is 0 Å². The van der Waals surface area contributed by atoms with Crippen molar-refractivity contribution < 1.29 is 24.1 Å². The van der Waals surface area contributed by atoms with E-state index in [4.69, 9.17) is 18.9 Å². The minimum absolute atomic E-state index is 0.130. The van der Waals surface area contributed by atoms with Crippen LogP contribution in [0.4, 0.5) is 0 Å². The van der Waals surface area contributed by atoms with Crippen molar-refractivity contribution in [3.05, 3.63) is 35.9 Å². The minimum atomic E-state index is -0.709. The number of ether oxygens (including phenoxy) is 4. The quantitative estimate of drug-likeness (QED) is 0.830. The molecule has 1 aliphatic carbocycles. The summed E-state index contributed by atoms with van der Waals surface area (Å²) in [6, 6.07) is 10.1. The van der Waals surface area contributed by atoms with Gasteiger partial charge < -0.3 is 24.1 Å². The number of rotatable bonds is 7. The molecule has 1 aromatic carbocycles. The lowest BCUT2D eigenvalue weighted by atomic mass is 9.93. The zero-order valence-corrected chi connectivity index (χ0v) is 14.9. The first-order chi connectivity index (χ1) is 11.4. The predicted octanol–water partition coefficient (Wildman–Crippen LogP) is 2.71. The van der Waals surface area contributed by atoms with Crippen LogP contribution in [-0.2, 0) is 25.6 Å². The van der Waals surface area contributed by atoms with Gasteiger partial charge in [0.05, 0.1) is 12.7 Å². The van der Waals surface area contributed by atoms with Crippen molar-refractivity contribution >= 4 is 0 Å². The summed E-state index contributed by atoms with van der Waals surface area (Å²) in [5.74, 6) is -0.484. The van der Waals surface area contributed by atoms with Crippen LogP contribution >= 0.6 is 0 Å². The van der Waals surface area contributed by atoms with E-state index >= 15 is 0 Å². The molecule has 0 radical (unpaired) electrons. The van der Waals surface area contributed by atoms with Crippen molar-refractivity contribution in [1.29, 1.82) is 0 Å². The van der Waals surface area contributed by atoms with Crippen molar-refractivity contribution in [1.82, 2.24) is 0 Å². The summed E-state index contributed by atoms with van der Waals surface area (Å²) in [7, 11) is 1.62. The van der Waals surface area contributed by atoms with Gasteiger partial charge in [0.15, 0.2) is 12.1 Å². The van der Waals surface area contributed by atoms with E-state index < -0.39 is 12.1 Å². The zero-order valence-electron chi connectivity index (χ0n) is 14.9. The highest BCUT2D eigenvalue weighted by molar-refractivity contribution is 5.14. The molecule has 0 spiro atoms. The lowest BCUT2D eigenvalue weighted by molar-refractivity contribution is -0.183. The Hall–Kier alpha value is -0.980. The fraction of sp³-hybridized carbons (Fsp3) is 0.684. The Morgan fingerprint density at radius 3 is 2.50 bits per heavy atom. The first-order valence-corrected chi connectivity index (χ1v) is 8.54. The fourth-order valence-electron chi connectivity index (χ4n) is 3.66. The number of methoxy groups -OCH3 is 1. The molecular formula is C19H28O5. The van der Waals surface area contributed by atoms with Crippen LogP contribution in [0.2, 0.25) is 0 Å². The van der Waals surface area contributed by atoms with Crippen molar-refractivity contribution in [3.8, 4) is 0 Å². The highest BCUT2D eigenvalue weighted by atomic mass is 16.8. The molecule has 2 aliphatic rings. The highest BCUT2D eigenvalue weighted by Crippen LogP contribution is 2.58. The number of benzene rings is 1. The van der Waals surface area contributed by atoms with Gasteiger partial charge in [0.25, 0.3) is 0 Å². The Morgan fingerprint density at radius 2 is 1.92 bits per heavy atom. The van der Waals surface area contributed by atoms with Crippen molar-refractivity contribution in [2.75, 3.05) is 13.7 Å². The molecule has 1 saturated carbocycles. The number of hydrogen-bond donors (Lipinski definition) is 1. The summed E-state index contributed by atoms with van der Waals surface area (Å²) in [5, 5.41) is 9.59. The molecule has 0 aromatic heterocycles. The molecule has 5 nitrogen and oxygen atoms in total. The van der Waals surface area contributed by atoms with Gasteiger partial charge in [0, 0.05) is 19.1 Å². The maximum absolute atomic E-state index is 9.59. The summed E-state index contributed by atoms with van der Waals surface area (Å²) in [5.41, 5.74) is 0.980. The molecule has 1 saturated heterocycles. The van der Waals surface area contributed by atoms with Crippen LogP contribution in [-0.4, -0.2) is 43.1 Å². The van der Waals surface area contributed by atoms with Crippen LogP contribution in [0.25, 0.3) is 0 Å². The summed E-state index contributed by atoms with van der Waals surface area (Å²) in [6.45, 7) is 6.56. The van der Waals surface area contributed by atoms with Gasteiger partial charge in [0.1, 0.15) is 6.10 Å². The topological polar surface area (TPSA) is 57.2 Å². The Kier molecular flexibility index (Phi) is 5.00. The van der Waals surface area contributed by atoms with E-state index in [2.05, 4.69) is 6.92 Å². The fourth-order valence-corrected chi connectivity index (χ4v) is 3.66. The van der Waals surface area contributed by atoms with Crippen molar-refractivity contribution in [3.63, 3.8) is 0 Å². The van der Waals surface area contributed by atoms with Gasteiger partial charge in [-0.3, -0.25) is 0 Å². The SMILES string of the molecule is COC1OC(C)(C)OC1C(OCc1ccccc1)[C@]1(C)C[C@@H]1CO. The monoisotopic (exact) mass is 336 g/mol. The second kappa shape index (κ2) is 6.73. The molecule has 134 valence electrons. The van der Waals surface area contributed by atoms with Crippen LogP contribution in [0.15, 0.2) is 30.3 Å². The van der Waals surface area contributed by atoms with Gasteiger partial charge in [-0.15, -0.1) is 0 Å². The summed E-state index contributed by atoms with van der Waals surface area (Å²) in [6.07, 6.45) is -0.0889. The van der Waals surface area contributed by atoms with E-state index in [-0.39, 0.29) is 30.1 Å². The molecule has 2 fully saturated rings. The Balaban J connectivity index is 1.78. The molecular weight excluding hydrogens is 308 g/mol. The first kappa shape index (κ1) is 17.8. The standard InChI is InChI=1S/C19H28O5/c1-18(2)23-15(17(21-4)24-18)16(19(3)10-14(19)11-20)22-12-13-8-6-5-7-9-13/h5-9,14-17,20H,10-12H2,1-4H3/t14-,15?,16?,17?,19-/m1/s1. The van der Waals surface area contributed by atoms with Gasteiger partial charge in [-0.2, -0.15) is 0 Å². The minimum Gasteiger partial charge on any atom is -0.396 e. The maximum Gasteiger partial charge on any atom is 0.189 e. The molecule has 24 heavy (non-hydrogen) atoms. The van der Waals surface area contributed by atoms with Crippen LogP contribution in [0, 0.1) is 11.3 Å². The third-order valence-corrected chi connectivity index (χ3v) is 5.22. The largest absolute Gasteiger partial charge is 0.396 e.